The van der Waals surface area contributed by atoms with Crippen LogP contribution in [-0.4, -0.2) is 39.1 Å². The van der Waals surface area contributed by atoms with Crippen LogP contribution in [0.1, 0.15) is 6.42 Å². The third-order valence-corrected chi connectivity index (χ3v) is 6.01. The Morgan fingerprint density at radius 3 is 2.04 bits per heavy atom. The van der Waals surface area contributed by atoms with Crippen molar-refractivity contribution in [2.24, 2.45) is 0 Å². The second-order valence-corrected chi connectivity index (χ2v) is 8.26. The monoisotopic (exact) mass is 434 g/mol. The van der Waals surface area contributed by atoms with Crippen LogP contribution in [0.4, 0.5) is 4.79 Å². The van der Waals surface area contributed by atoms with Gasteiger partial charge in [-0.2, -0.15) is 0 Å². The van der Waals surface area contributed by atoms with Crippen molar-refractivity contribution in [3.63, 3.8) is 0 Å². The van der Waals surface area contributed by atoms with Crippen LogP contribution in [0.5, 0.6) is 11.5 Å². The van der Waals surface area contributed by atoms with Gasteiger partial charge in [0.15, 0.2) is 0 Å². The summed E-state index contributed by atoms with van der Waals surface area (Å²) in [6, 6.07) is 9.72. The minimum atomic E-state index is -1.32. The summed E-state index contributed by atoms with van der Waals surface area (Å²) in [5, 5.41) is 28.3. The first-order chi connectivity index (χ1) is 12.3. The number of ether oxygens (including phenoxy) is 1. The molecule has 5 nitrogen and oxygen atoms in total. The molecule has 0 heterocycles. The highest BCUT2D eigenvalue weighted by Gasteiger charge is 2.15. The summed E-state index contributed by atoms with van der Waals surface area (Å²) in [5.74, 6) is 1.06. The number of aromatic hydroxyl groups is 2. The highest BCUT2D eigenvalue weighted by atomic mass is 35.5. The number of halogens is 2. The molecule has 1 unspecified atom stereocenters. The van der Waals surface area contributed by atoms with E-state index in [1.54, 1.807) is 24.3 Å². The summed E-state index contributed by atoms with van der Waals surface area (Å²) in [6.07, 6.45) is -1.31. The standard InChI is InChI=1S/C17H16Cl2O5S2/c18-13-7-11(1-3-15(13)20)25-6-5-10(24-17(22)23)9-26-12-2-4-16(21)14(19)8-12/h1-4,7-8,10,20-21H,5-6,9H2,(H,22,23). The molecule has 3 N–H and O–H groups in total. The number of carboxylic acid groups (broad SMARTS) is 1. The van der Waals surface area contributed by atoms with Gasteiger partial charge in [0.2, 0.25) is 0 Å². The molecule has 0 saturated carbocycles. The maximum atomic E-state index is 10.9. The second-order valence-electron chi connectivity index (χ2n) is 5.18. The number of hydrogen-bond donors (Lipinski definition) is 3. The molecule has 0 amide bonds. The van der Waals surface area contributed by atoms with Crippen LogP contribution in [0.2, 0.25) is 10.0 Å². The molecule has 0 fully saturated rings. The van der Waals surface area contributed by atoms with E-state index in [9.17, 15) is 15.0 Å². The predicted octanol–water partition coefficient (Wildman–Crippen LogP) is 5.74. The van der Waals surface area contributed by atoms with E-state index in [4.69, 9.17) is 33.0 Å². The van der Waals surface area contributed by atoms with Gasteiger partial charge in [-0.25, -0.2) is 4.79 Å². The van der Waals surface area contributed by atoms with Crippen molar-refractivity contribution in [1.29, 1.82) is 0 Å². The number of phenolic OH excluding ortho intramolecular Hbond substituents is 2. The van der Waals surface area contributed by atoms with Crippen molar-refractivity contribution >= 4 is 52.9 Å². The number of thioether (sulfide) groups is 2. The van der Waals surface area contributed by atoms with Gasteiger partial charge in [-0.3, -0.25) is 0 Å². The zero-order valence-electron chi connectivity index (χ0n) is 13.4. The van der Waals surface area contributed by atoms with Crippen LogP contribution < -0.4 is 0 Å². The molecule has 0 bridgehead atoms. The number of carbonyl (C=O) groups is 1. The van der Waals surface area contributed by atoms with Crippen molar-refractivity contribution in [3.8, 4) is 11.5 Å². The predicted molar refractivity (Wildman–Crippen MR) is 105 cm³/mol. The molecule has 0 aliphatic heterocycles. The van der Waals surface area contributed by atoms with E-state index in [0.29, 0.717) is 17.9 Å². The Morgan fingerprint density at radius 1 is 1.00 bits per heavy atom. The lowest BCUT2D eigenvalue weighted by molar-refractivity contribution is 0.0599. The van der Waals surface area contributed by atoms with Gasteiger partial charge in [0, 0.05) is 21.3 Å². The van der Waals surface area contributed by atoms with Gasteiger partial charge in [-0.05, 0) is 42.8 Å². The molecule has 0 spiro atoms. The van der Waals surface area contributed by atoms with Crippen molar-refractivity contribution in [1.82, 2.24) is 0 Å². The average Bonchev–Trinajstić information content (AvgIpc) is 2.58. The van der Waals surface area contributed by atoms with E-state index in [1.165, 1.54) is 35.7 Å². The largest absolute Gasteiger partial charge is 0.506 e. The van der Waals surface area contributed by atoms with Gasteiger partial charge < -0.3 is 20.1 Å². The SMILES string of the molecule is O=C(O)OC(CCSc1ccc(O)c(Cl)c1)CSc1ccc(O)c(Cl)c1. The van der Waals surface area contributed by atoms with Crippen LogP contribution in [0.25, 0.3) is 0 Å². The summed E-state index contributed by atoms with van der Waals surface area (Å²) in [5.41, 5.74) is 0. The van der Waals surface area contributed by atoms with E-state index < -0.39 is 12.3 Å². The number of benzene rings is 2. The zero-order chi connectivity index (χ0) is 19.1. The average molecular weight is 435 g/mol. The Bertz CT molecular complexity index is 773. The van der Waals surface area contributed by atoms with Crippen LogP contribution >= 0.6 is 46.7 Å². The zero-order valence-corrected chi connectivity index (χ0v) is 16.5. The molecule has 2 aromatic carbocycles. The van der Waals surface area contributed by atoms with Crippen LogP contribution in [-0.2, 0) is 4.74 Å². The Balaban J connectivity index is 1.88. The normalized spacial score (nSPS) is 11.9. The molecule has 2 rings (SSSR count). The fraction of sp³-hybridized carbons (Fsp3) is 0.235. The second kappa shape index (κ2) is 10.1. The maximum Gasteiger partial charge on any atom is 0.506 e. The van der Waals surface area contributed by atoms with Crippen molar-refractivity contribution in [2.45, 2.75) is 22.3 Å². The first kappa shape index (κ1) is 20.9. The van der Waals surface area contributed by atoms with Crippen LogP contribution in [0.3, 0.4) is 0 Å². The molecule has 0 aromatic heterocycles. The van der Waals surface area contributed by atoms with Gasteiger partial charge in [-0.15, -0.1) is 23.5 Å². The van der Waals surface area contributed by atoms with E-state index in [0.717, 1.165) is 9.79 Å². The first-order valence-corrected chi connectivity index (χ1v) is 10.2. The van der Waals surface area contributed by atoms with Crippen molar-refractivity contribution < 1.29 is 24.9 Å². The minimum absolute atomic E-state index is 0.00156. The molecule has 0 radical (unpaired) electrons. The Labute approximate surface area is 169 Å². The molecular weight excluding hydrogens is 419 g/mol. The molecule has 26 heavy (non-hydrogen) atoms. The molecule has 1 atom stereocenters. The molecule has 2 aromatic rings. The summed E-state index contributed by atoms with van der Waals surface area (Å²) in [4.78, 5) is 12.6. The van der Waals surface area contributed by atoms with Gasteiger partial charge in [-0.1, -0.05) is 23.2 Å². The molecule has 140 valence electrons. The van der Waals surface area contributed by atoms with E-state index >= 15 is 0 Å². The third kappa shape index (κ3) is 6.72. The van der Waals surface area contributed by atoms with Gasteiger partial charge in [0.05, 0.1) is 10.0 Å². The van der Waals surface area contributed by atoms with E-state index in [-0.39, 0.29) is 21.5 Å². The number of rotatable bonds is 8. The molecule has 0 saturated heterocycles. The molecule has 0 aliphatic rings. The number of phenols is 2. The third-order valence-electron chi connectivity index (χ3n) is 3.25. The van der Waals surface area contributed by atoms with Crippen molar-refractivity contribution in [2.75, 3.05) is 11.5 Å². The fourth-order valence-corrected chi connectivity index (χ4v) is 4.42. The quantitative estimate of drug-likeness (QED) is 0.360. The molecule has 0 aliphatic carbocycles. The Hall–Kier alpha value is -1.41. The lowest BCUT2D eigenvalue weighted by Gasteiger charge is -2.15. The summed E-state index contributed by atoms with van der Waals surface area (Å²) >= 11 is 14.6. The Morgan fingerprint density at radius 2 is 1.54 bits per heavy atom. The highest BCUT2D eigenvalue weighted by molar-refractivity contribution is 7.99. The van der Waals surface area contributed by atoms with Gasteiger partial charge in [0.1, 0.15) is 17.6 Å². The molecular formula is C17H16Cl2O5S2. The minimum Gasteiger partial charge on any atom is -0.506 e. The lowest BCUT2D eigenvalue weighted by Crippen LogP contribution is -2.20. The summed E-state index contributed by atoms with van der Waals surface area (Å²) in [6.45, 7) is 0. The topological polar surface area (TPSA) is 87.0 Å². The van der Waals surface area contributed by atoms with Crippen LogP contribution in [0.15, 0.2) is 46.2 Å². The summed E-state index contributed by atoms with van der Waals surface area (Å²) in [7, 11) is 0. The van der Waals surface area contributed by atoms with E-state index in [2.05, 4.69) is 0 Å². The van der Waals surface area contributed by atoms with Gasteiger partial charge in [0.25, 0.3) is 0 Å². The van der Waals surface area contributed by atoms with Gasteiger partial charge >= 0.3 is 6.16 Å². The highest BCUT2D eigenvalue weighted by Crippen LogP contribution is 2.31. The maximum absolute atomic E-state index is 10.9. The number of hydrogen-bond acceptors (Lipinski definition) is 6. The first-order valence-electron chi connectivity index (χ1n) is 7.47. The van der Waals surface area contributed by atoms with E-state index in [1.807, 2.05) is 0 Å². The van der Waals surface area contributed by atoms with Crippen molar-refractivity contribution in [3.05, 3.63) is 46.4 Å². The summed E-state index contributed by atoms with van der Waals surface area (Å²) < 4.78 is 4.94. The smallest absolute Gasteiger partial charge is 0.506 e. The van der Waals surface area contributed by atoms with Crippen LogP contribution in [0, 0.1) is 0 Å². The lowest BCUT2D eigenvalue weighted by atomic mass is 10.3. The molecule has 9 heteroatoms. The fourth-order valence-electron chi connectivity index (χ4n) is 1.97. The Kier molecular flexibility index (Phi) is 8.09.